The fourth-order valence-corrected chi connectivity index (χ4v) is 4.80. The summed E-state index contributed by atoms with van der Waals surface area (Å²) in [5, 5.41) is 0. The molecule has 2 aromatic rings. The third kappa shape index (κ3) is 7.44. The highest BCUT2D eigenvalue weighted by molar-refractivity contribution is 14.1. The van der Waals surface area contributed by atoms with Crippen molar-refractivity contribution in [1.82, 2.24) is 8.01 Å². The van der Waals surface area contributed by atoms with E-state index in [0.717, 1.165) is 22.7 Å². The lowest BCUT2D eigenvalue weighted by molar-refractivity contribution is -0.137. The molecular formula is C22H25F3IN3O5S. The van der Waals surface area contributed by atoms with E-state index in [1.54, 1.807) is 7.05 Å². The summed E-state index contributed by atoms with van der Waals surface area (Å²) in [7, 11) is -2.14. The molecule has 0 radical (unpaired) electrons. The smallest absolute Gasteiger partial charge is 0.416 e. The van der Waals surface area contributed by atoms with Crippen molar-refractivity contribution in [3.8, 4) is 11.5 Å². The number of hydrogen-bond acceptors (Lipinski definition) is 6. The van der Waals surface area contributed by atoms with Gasteiger partial charge in [0.2, 0.25) is 15.9 Å². The third-order valence-corrected chi connectivity index (χ3v) is 6.99. The largest absolute Gasteiger partial charge is 0.457 e. The second kappa shape index (κ2) is 11.3. The first-order valence-electron chi connectivity index (χ1n) is 10.5. The molecule has 13 heteroatoms. The minimum atomic E-state index is -4.44. The van der Waals surface area contributed by atoms with Crippen molar-refractivity contribution in [2.24, 2.45) is 0 Å². The van der Waals surface area contributed by atoms with Gasteiger partial charge in [0, 0.05) is 20.1 Å². The normalized spacial score (nSPS) is 15.9. The number of nitrogens with zero attached hydrogens (tertiary/aromatic N) is 3. The van der Waals surface area contributed by atoms with Crippen LogP contribution in [0.15, 0.2) is 48.5 Å². The molecule has 1 heterocycles. The average molecular weight is 627 g/mol. The first-order chi connectivity index (χ1) is 16.4. The third-order valence-electron chi connectivity index (χ3n) is 5.36. The molecule has 1 aliphatic heterocycles. The highest BCUT2D eigenvalue weighted by Gasteiger charge is 2.34. The van der Waals surface area contributed by atoms with E-state index in [0.29, 0.717) is 37.7 Å². The summed E-state index contributed by atoms with van der Waals surface area (Å²) in [5.74, 6) is 0.284. The Kier molecular flexibility index (Phi) is 8.88. The van der Waals surface area contributed by atoms with E-state index in [-0.39, 0.29) is 18.2 Å². The van der Waals surface area contributed by atoms with Gasteiger partial charge in [-0.25, -0.2) is 8.42 Å². The lowest BCUT2D eigenvalue weighted by atomic mass is 10.2. The maximum Gasteiger partial charge on any atom is 0.416 e. The Morgan fingerprint density at radius 3 is 2.06 bits per heavy atom. The molecule has 1 fully saturated rings. The van der Waals surface area contributed by atoms with Gasteiger partial charge in [0.05, 0.1) is 60.1 Å². The van der Waals surface area contributed by atoms with Crippen LogP contribution in [-0.2, 0) is 25.7 Å². The van der Waals surface area contributed by atoms with Crippen molar-refractivity contribution in [2.45, 2.75) is 12.2 Å². The number of carbonyl (C=O) groups is 1. The van der Waals surface area contributed by atoms with Crippen molar-refractivity contribution < 1.29 is 35.9 Å². The Bertz CT molecular complexity index is 1110. The van der Waals surface area contributed by atoms with Crippen molar-refractivity contribution in [3.05, 3.63) is 54.1 Å². The molecule has 1 saturated heterocycles. The number of rotatable bonds is 8. The lowest BCUT2D eigenvalue weighted by Gasteiger charge is -2.37. The summed E-state index contributed by atoms with van der Waals surface area (Å²) in [5.41, 5.74) is -0.458. The molecule has 8 nitrogen and oxygen atoms in total. The number of carbonyl (C=O) groups excluding carboxylic acids is 1. The molecule has 35 heavy (non-hydrogen) atoms. The van der Waals surface area contributed by atoms with Gasteiger partial charge in [-0.2, -0.15) is 13.2 Å². The molecule has 0 N–H and O–H groups in total. The zero-order chi connectivity index (χ0) is 25.8. The quantitative estimate of drug-likeness (QED) is 0.328. The number of alkyl halides is 3. The topological polar surface area (TPSA) is 79.4 Å². The molecule has 192 valence electrons. The predicted molar refractivity (Wildman–Crippen MR) is 133 cm³/mol. The Hall–Kier alpha value is -2.10. The van der Waals surface area contributed by atoms with Gasteiger partial charge in [0.15, 0.2) is 0 Å². The Morgan fingerprint density at radius 2 is 1.60 bits per heavy atom. The number of amides is 1. The second-order valence-electron chi connectivity index (χ2n) is 7.89. The van der Waals surface area contributed by atoms with Crippen LogP contribution in [0.2, 0.25) is 0 Å². The Labute approximate surface area is 216 Å². The van der Waals surface area contributed by atoms with Gasteiger partial charge in [-0.05, 0) is 48.5 Å². The molecule has 0 saturated carbocycles. The number of halogens is 4. The minimum Gasteiger partial charge on any atom is -0.457 e. The second-order valence-corrected chi connectivity index (χ2v) is 11.2. The molecule has 0 aliphatic carbocycles. The summed E-state index contributed by atoms with van der Waals surface area (Å²) in [6, 6.07) is 9.62. The minimum absolute atomic E-state index is 0.0931. The Balaban J connectivity index is 1.80. The zero-order valence-corrected chi connectivity index (χ0v) is 22.0. The van der Waals surface area contributed by atoms with Crippen molar-refractivity contribution in [2.75, 3.05) is 50.5 Å². The summed E-state index contributed by atoms with van der Waals surface area (Å²) < 4.78 is 77.1. The molecule has 0 spiro atoms. The van der Waals surface area contributed by atoms with Crippen LogP contribution in [0, 0.1) is 0 Å². The molecule has 2 aromatic carbocycles. The van der Waals surface area contributed by atoms with Crippen molar-refractivity contribution in [3.63, 3.8) is 0 Å². The van der Waals surface area contributed by atoms with Crippen LogP contribution in [-0.4, -0.2) is 74.5 Å². The van der Waals surface area contributed by atoms with E-state index >= 15 is 0 Å². The van der Waals surface area contributed by atoms with E-state index in [2.05, 4.69) is 0 Å². The number of likely N-dealkylation sites (N-methyl/N-ethyl adjacent to an activating group) is 1. The molecule has 0 aromatic heterocycles. The highest BCUT2D eigenvalue weighted by Crippen LogP contribution is 2.32. The molecule has 0 unspecified atom stereocenters. The molecule has 1 aliphatic rings. The lowest BCUT2D eigenvalue weighted by Crippen LogP contribution is -2.55. The Morgan fingerprint density at radius 1 is 1.09 bits per heavy atom. The summed E-state index contributed by atoms with van der Waals surface area (Å²) >= 11 is 1.86. The van der Waals surface area contributed by atoms with Crippen LogP contribution in [0.25, 0.3) is 0 Å². The van der Waals surface area contributed by atoms with Gasteiger partial charge >= 0.3 is 6.18 Å². The van der Waals surface area contributed by atoms with Crippen LogP contribution in [0.5, 0.6) is 11.5 Å². The van der Waals surface area contributed by atoms with E-state index in [1.807, 2.05) is 27.8 Å². The molecule has 0 bridgehead atoms. The number of sulfonamides is 1. The van der Waals surface area contributed by atoms with E-state index in [1.165, 1.54) is 39.5 Å². The standard InChI is InChI=1S/C22H25F3IN3O5S/c1-27(26)21(30)20(28-11-13-33-14-12-28)15-29(35(2,31)32)17-5-9-19(10-6-17)34-18-7-3-16(4-8-18)22(23,24)25/h3-10,20H,11-15H2,1-2H3/t20-/m0/s1. The number of anilines is 1. The van der Waals surface area contributed by atoms with Gasteiger partial charge in [-0.3, -0.25) is 17.1 Å². The van der Waals surface area contributed by atoms with E-state index in [4.69, 9.17) is 9.47 Å². The van der Waals surface area contributed by atoms with Crippen LogP contribution < -0.4 is 9.04 Å². The highest BCUT2D eigenvalue weighted by atomic mass is 127. The SMILES string of the molecule is CN(I)C(=O)[C@H](CN(c1ccc(Oc2ccc(C(F)(F)F)cc2)cc1)S(C)(=O)=O)N1CCOCC1. The van der Waals surface area contributed by atoms with Crippen LogP contribution in [0.3, 0.4) is 0 Å². The van der Waals surface area contributed by atoms with E-state index in [9.17, 15) is 26.4 Å². The zero-order valence-electron chi connectivity index (χ0n) is 19.0. The van der Waals surface area contributed by atoms with E-state index < -0.39 is 27.8 Å². The fourth-order valence-electron chi connectivity index (χ4n) is 3.56. The number of ether oxygens (including phenoxy) is 2. The van der Waals surface area contributed by atoms with Crippen LogP contribution >= 0.6 is 22.9 Å². The molecule has 1 atom stereocenters. The van der Waals surface area contributed by atoms with Gasteiger partial charge in [0.25, 0.3) is 0 Å². The molecular weight excluding hydrogens is 602 g/mol. The first kappa shape index (κ1) is 27.5. The number of hydrogen-bond donors (Lipinski definition) is 0. The van der Waals surface area contributed by atoms with Gasteiger partial charge in [-0.15, -0.1) is 0 Å². The maximum atomic E-state index is 12.9. The van der Waals surface area contributed by atoms with Crippen molar-refractivity contribution in [1.29, 1.82) is 0 Å². The summed E-state index contributed by atoms with van der Waals surface area (Å²) in [6.07, 6.45) is -3.38. The summed E-state index contributed by atoms with van der Waals surface area (Å²) in [6.45, 7) is 1.80. The van der Waals surface area contributed by atoms with Crippen LogP contribution in [0.1, 0.15) is 5.56 Å². The molecule has 3 rings (SSSR count). The average Bonchev–Trinajstić information content (AvgIpc) is 2.79. The first-order valence-corrected chi connectivity index (χ1v) is 13.4. The van der Waals surface area contributed by atoms with Gasteiger partial charge in [-0.1, -0.05) is 0 Å². The van der Waals surface area contributed by atoms with Gasteiger partial charge < -0.3 is 9.47 Å². The number of morpholine rings is 1. The number of benzene rings is 2. The predicted octanol–water partition coefficient (Wildman–Crippen LogP) is 3.77. The fraction of sp³-hybridized carbons (Fsp3) is 0.409. The molecule has 1 amide bonds. The summed E-state index contributed by atoms with van der Waals surface area (Å²) in [4.78, 5) is 14.8. The maximum absolute atomic E-state index is 12.9. The van der Waals surface area contributed by atoms with Crippen molar-refractivity contribution >= 4 is 44.5 Å². The van der Waals surface area contributed by atoms with Crippen LogP contribution in [0.4, 0.5) is 18.9 Å². The monoisotopic (exact) mass is 627 g/mol. The van der Waals surface area contributed by atoms with Gasteiger partial charge in [0.1, 0.15) is 17.5 Å².